The first kappa shape index (κ1) is 15.0. The zero-order chi connectivity index (χ0) is 14.4. The minimum Gasteiger partial charge on any atom is -0.462 e. The highest BCUT2D eigenvalue weighted by Crippen LogP contribution is 2.32. The van der Waals surface area contributed by atoms with Gasteiger partial charge < -0.3 is 4.74 Å². The Morgan fingerprint density at radius 2 is 2.00 bits per heavy atom. The van der Waals surface area contributed by atoms with Crippen molar-refractivity contribution in [3.63, 3.8) is 0 Å². The number of esters is 1. The maximum Gasteiger partial charge on any atom is 0.339 e. The van der Waals surface area contributed by atoms with Crippen molar-refractivity contribution in [3.8, 4) is 0 Å². The van der Waals surface area contributed by atoms with Gasteiger partial charge in [0, 0.05) is 11.6 Å². The molecule has 1 aromatic rings. The molecule has 110 valence electrons. The molecule has 1 saturated carbocycles. The van der Waals surface area contributed by atoms with E-state index in [1.54, 1.807) is 0 Å². The molecule has 3 heteroatoms. The maximum atomic E-state index is 12.0. The number of ether oxygens (including phenoxy) is 1. The van der Waals surface area contributed by atoms with E-state index < -0.39 is 0 Å². The number of carbonyl (C=O) groups is 1. The molecule has 1 aliphatic carbocycles. The molecule has 0 N–H and O–H groups in total. The van der Waals surface area contributed by atoms with E-state index in [-0.39, 0.29) is 5.97 Å². The molecule has 0 saturated heterocycles. The highest BCUT2D eigenvalue weighted by molar-refractivity contribution is 5.90. The van der Waals surface area contributed by atoms with Crippen molar-refractivity contribution in [2.24, 2.45) is 0 Å². The number of aromatic nitrogens is 1. The van der Waals surface area contributed by atoms with Gasteiger partial charge in [0.15, 0.2) is 0 Å². The largest absolute Gasteiger partial charge is 0.462 e. The molecule has 0 spiro atoms. The maximum absolute atomic E-state index is 12.0. The minimum absolute atomic E-state index is 0.237. The van der Waals surface area contributed by atoms with E-state index in [0.29, 0.717) is 18.1 Å². The summed E-state index contributed by atoms with van der Waals surface area (Å²) in [5, 5.41) is 0. The number of hydrogen-bond donors (Lipinski definition) is 0. The molecule has 0 radical (unpaired) electrons. The molecule has 20 heavy (non-hydrogen) atoms. The third kappa shape index (κ3) is 3.59. The Morgan fingerprint density at radius 1 is 1.25 bits per heavy atom. The third-order valence-electron chi connectivity index (χ3n) is 4.00. The molecular weight excluding hydrogens is 250 g/mol. The molecule has 1 aromatic heterocycles. The number of carbonyl (C=O) groups excluding carboxylic acids is 1. The summed E-state index contributed by atoms with van der Waals surface area (Å²) >= 11 is 0. The van der Waals surface area contributed by atoms with Crippen molar-refractivity contribution in [3.05, 3.63) is 29.1 Å². The average Bonchev–Trinajstić information content (AvgIpc) is 2.48. The van der Waals surface area contributed by atoms with Crippen LogP contribution in [0.3, 0.4) is 0 Å². The predicted octanol–water partition coefficient (Wildman–Crippen LogP) is 4.26. The molecule has 0 unspecified atom stereocenters. The third-order valence-corrected chi connectivity index (χ3v) is 4.00. The van der Waals surface area contributed by atoms with Gasteiger partial charge in [0.25, 0.3) is 0 Å². The normalized spacial score (nSPS) is 16.1. The molecule has 0 bridgehead atoms. The zero-order valence-corrected chi connectivity index (χ0v) is 12.7. The summed E-state index contributed by atoms with van der Waals surface area (Å²) in [6.07, 6.45) is 8.25. The lowest BCUT2D eigenvalue weighted by Gasteiger charge is -2.22. The van der Waals surface area contributed by atoms with Gasteiger partial charge >= 0.3 is 5.97 Å². The zero-order valence-electron chi connectivity index (χ0n) is 12.7. The molecular formula is C17H25NO2. The van der Waals surface area contributed by atoms with E-state index in [1.165, 1.54) is 37.8 Å². The first-order valence-electron chi connectivity index (χ1n) is 7.93. The van der Waals surface area contributed by atoms with Gasteiger partial charge in [0.05, 0.1) is 17.9 Å². The number of rotatable bonds is 5. The smallest absolute Gasteiger partial charge is 0.339 e. The van der Waals surface area contributed by atoms with Crippen molar-refractivity contribution < 1.29 is 9.53 Å². The van der Waals surface area contributed by atoms with Crippen LogP contribution in [0.1, 0.15) is 80.0 Å². The van der Waals surface area contributed by atoms with E-state index in [1.807, 2.05) is 19.1 Å². The fourth-order valence-corrected chi connectivity index (χ4v) is 2.97. The van der Waals surface area contributed by atoms with Gasteiger partial charge in [-0.15, -0.1) is 0 Å². The summed E-state index contributed by atoms with van der Waals surface area (Å²) in [5.74, 6) is 0.342. The van der Waals surface area contributed by atoms with Crippen LogP contribution in [0.25, 0.3) is 0 Å². The lowest BCUT2D eigenvalue weighted by molar-refractivity contribution is 0.0524. The second-order valence-corrected chi connectivity index (χ2v) is 5.54. The van der Waals surface area contributed by atoms with Gasteiger partial charge in [-0.1, -0.05) is 32.6 Å². The quantitative estimate of drug-likeness (QED) is 0.754. The summed E-state index contributed by atoms with van der Waals surface area (Å²) in [6, 6.07) is 3.95. The fraction of sp³-hybridized carbons (Fsp3) is 0.647. The molecule has 1 aliphatic rings. The van der Waals surface area contributed by atoms with E-state index in [0.717, 1.165) is 18.5 Å². The topological polar surface area (TPSA) is 39.2 Å². The van der Waals surface area contributed by atoms with Crippen LogP contribution in [0, 0.1) is 0 Å². The highest BCUT2D eigenvalue weighted by atomic mass is 16.5. The van der Waals surface area contributed by atoms with Crippen LogP contribution in [0.4, 0.5) is 0 Å². The second-order valence-electron chi connectivity index (χ2n) is 5.54. The monoisotopic (exact) mass is 275 g/mol. The summed E-state index contributed by atoms with van der Waals surface area (Å²) in [4.78, 5) is 16.8. The summed E-state index contributed by atoms with van der Waals surface area (Å²) in [5.41, 5.74) is 2.73. The number of hydrogen-bond acceptors (Lipinski definition) is 3. The second kappa shape index (κ2) is 7.41. The van der Waals surface area contributed by atoms with E-state index in [4.69, 9.17) is 9.72 Å². The van der Waals surface area contributed by atoms with E-state index in [2.05, 4.69) is 6.92 Å². The van der Waals surface area contributed by atoms with E-state index in [9.17, 15) is 4.79 Å². The molecule has 2 rings (SSSR count). The predicted molar refractivity (Wildman–Crippen MR) is 80.0 cm³/mol. The van der Waals surface area contributed by atoms with Gasteiger partial charge in [0.1, 0.15) is 0 Å². The Hall–Kier alpha value is -1.38. The first-order valence-corrected chi connectivity index (χ1v) is 7.93. The lowest BCUT2D eigenvalue weighted by atomic mass is 9.86. The van der Waals surface area contributed by atoms with Crippen molar-refractivity contribution >= 4 is 5.97 Å². The van der Waals surface area contributed by atoms with Crippen molar-refractivity contribution in [1.82, 2.24) is 4.98 Å². The Balaban J connectivity index is 2.23. The average molecular weight is 275 g/mol. The summed E-state index contributed by atoms with van der Waals surface area (Å²) < 4.78 is 5.12. The van der Waals surface area contributed by atoms with Gasteiger partial charge in [-0.05, 0) is 38.3 Å². The van der Waals surface area contributed by atoms with Gasteiger partial charge in [-0.25, -0.2) is 4.79 Å². The Morgan fingerprint density at radius 3 is 2.65 bits per heavy atom. The number of nitrogens with zero attached hydrogens (tertiary/aromatic N) is 1. The molecule has 1 fully saturated rings. The number of aryl methyl sites for hydroxylation is 1. The molecule has 0 aliphatic heterocycles. The van der Waals surface area contributed by atoms with Crippen LogP contribution < -0.4 is 0 Å². The standard InChI is InChI=1S/C17H25NO2/c1-3-8-16-14(17(19)20-4-2)11-12-15(18-16)13-9-6-5-7-10-13/h11-13H,3-10H2,1-2H3. The van der Waals surface area contributed by atoms with Crippen LogP contribution in [0.5, 0.6) is 0 Å². The summed E-state index contributed by atoms with van der Waals surface area (Å²) in [7, 11) is 0. The molecule has 1 heterocycles. The van der Waals surface area contributed by atoms with Crippen molar-refractivity contribution in [1.29, 1.82) is 0 Å². The number of pyridine rings is 1. The minimum atomic E-state index is -0.237. The first-order chi connectivity index (χ1) is 9.76. The van der Waals surface area contributed by atoms with Gasteiger partial charge in [-0.2, -0.15) is 0 Å². The SMILES string of the molecule is CCCc1nc(C2CCCCC2)ccc1C(=O)OCC. The lowest BCUT2D eigenvalue weighted by Crippen LogP contribution is -2.13. The van der Waals surface area contributed by atoms with E-state index >= 15 is 0 Å². The van der Waals surface area contributed by atoms with Crippen LogP contribution in [0.15, 0.2) is 12.1 Å². The Labute approximate surface area is 121 Å². The Bertz CT molecular complexity index is 450. The Kier molecular flexibility index (Phi) is 5.57. The molecule has 0 aromatic carbocycles. The molecule has 0 amide bonds. The molecule has 0 atom stereocenters. The van der Waals surface area contributed by atoms with Crippen molar-refractivity contribution in [2.75, 3.05) is 6.61 Å². The molecule has 3 nitrogen and oxygen atoms in total. The van der Waals surface area contributed by atoms with Crippen LogP contribution in [-0.4, -0.2) is 17.6 Å². The summed E-state index contributed by atoms with van der Waals surface area (Å²) in [6.45, 7) is 4.36. The van der Waals surface area contributed by atoms with Gasteiger partial charge in [-0.3, -0.25) is 4.98 Å². The fourth-order valence-electron chi connectivity index (χ4n) is 2.97. The van der Waals surface area contributed by atoms with Crippen LogP contribution >= 0.6 is 0 Å². The van der Waals surface area contributed by atoms with Crippen molar-refractivity contribution in [2.45, 2.75) is 64.7 Å². The highest BCUT2D eigenvalue weighted by Gasteiger charge is 2.20. The van der Waals surface area contributed by atoms with Gasteiger partial charge in [0.2, 0.25) is 0 Å². The van der Waals surface area contributed by atoms with Crippen LogP contribution in [0.2, 0.25) is 0 Å². The van der Waals surface area contributed by atoms with Crippen LogP contribution in [-0.2, 0) is 11.2 Å².